The monoisotopic (exact) mass is 293 g/mol. The molecule has 7 nitrogen and oxygen atoms in total. The number of amides is 1. The molecule has 1 aliphatic heterocycles. The smallest absolute Gasteiger partial charge is 0.273 e. The van der Waals surface area contributed by atoms with Gasteiger partial charge in [0.25, 0.3) is 11.6 Å². The molecule has 1 saturated heterocycles. The van der Waals surface area contributed by atoms with Crippen LogP contribution in [0, 0.1) is 10.1 Å². The van der Waals surface area contributed by atoms with Crippen LogP contribution in [0.1, 0.15) is 19.8 Å². The maximum atomic E-state index is 11.9. The Morgan fingerprint density at radius 3 is 3.10 bits per heavy atom. The van der Waals surface area contributed by atoms with Crippen LogP contribution in [0.15, 0.2) is 24.3 Å². The highest BCUT2D eigenvalue weighted by atomic mass is 16.6. The van der Waals surface area contributed by atoms with Gasteiger partial charge in [0.15, 0.2) is 6.61 Å². The fourth-order valence-electron chi connectivity index (χ4n) is 2.33. The first-order valence-corrected chi connectivity index (χ1v) is 6.96. The summed E-state index contributed by atoms with van der Waals surface area (Å²) in [5.74, 6) is 0.0937. The van der Waals surface area contributed by atoms with Crippen molar-refractivity contribution in [3.8, 4) is 5.75 Å². The molecule has 1 aromatic rings. The summed E-state index contributed by atoms with van der Waals surface area (Å²) in [6, 6.07) is 6.13. The normalized spacial score (nSPS) is 21.6. The number of nitro groups is 1. The lowest BCUT2D eigenvalue weighted by Crippen LogP contribution is -2.52. The summed E-state index contributed by atoms with van der Waals surface area (Å²) in [6.07, 6.45) is 1.97. The highest BCUT2D eigenvalue weighted by Crippen LogP contribution is 2.18. The number of non-ortho nitro benzene ring substituents is 1. The molecule has 0 aliphatic carbocycles. The topological polar surface area (TPSA) is 93.5 Å². The molecule has 0 saturated carbocycles. The van der Waals surface area contributed by atoms with Crippen LogP contribution in [0.5, 0.6) is 5.75 Å². The summed E-state index contributed by atoms with van der Waals surface area (Å²) in [7, 11) is 0. The van der Waals surface area contributed by atoms with Gasteiger partial charge in [0, 0.05) is 18.2 Å². The largest absolute Gasteiger partial charge is 0.484 e. The molecule has 21 heavy (non-hydrogen) atoms. The zero-order chi connectivity index (χ0) is 15.2. The van der Waals surface area contributed by atoms with Gasteiger partial charge in [0.2, 0.25) is 0 Å². The molecule has 0 radical (unpaired) electrons. The molecule has 0 spiro atoms. The number of nitrogens with zero attached hydrogens (tertiary/aromatic N) is 1. The predicted octanol–water partition coefficient (Wildman–Crippen LogP) is 1.23. The molecular formula is C14H19N3O4. The van der Waals surface area contributed by atoms with Crippen molar-refractivity contribution in [2.45, 2.75) is 31.8 Å². The zero-order valence-electron chi connectivity index (χ0n) is 11.9. The maximum absolute atomic E-state index is 11.9. The Morgan fingerprint density at radius 1 is 1.57 bits per heavy atom. The lowest BCUT2D eigenvalue weighted by molar-refractivity contribution is -0.384. The Balaban J connectivity index is 1.83. The van der Waals surface area contributed by atoms with Gasteiger partial charge in [-0.3, -0.25) is 14.9 Å². The minimum atomic E-state index is -0.498. The lowest BCUT2D eigenvalue weighted by Gasteiger charge is -2.30. The van der Waals surface area contributed by atoms with Crippen molar-refractivity contribution in [1.82, 2.24) is 10.6 Å². The number of benzene rings is 1. The van der Waals surface area contributed by atoms with E-state index < -0.39 is 4.92 Å². The van der Waals surface area contributed by atoms with E-state index >= 15 is 0 Å². The van der Waals surface area contributed by atoms with Crippen molar-refractivity contribution < 1.29 is 14.5 Å². The van der Waals surface area contributed by atoms with E-state index in [1.54, 1.807) is 6.07 Å². The number of hydrogen-bond acceptors (Lipinski definition) is 5. The predicted molar refractivity (Wildman–Crippen MR) is 77.2 cm³/mol. The van der Waals surface area contributed by atoms with Gasteiger partial charge >= 0.3 is 0 Å². The van der Waals surface area contributed by atoms with E-state index in [0.717, 1.165) is 19.4 Å². The second-order valence-corrected chi connectivity index (χ2v) is 5.10. The van der Waals surface area contributed by atoms with Crippen molar-refractivity contribution in [2.75, 3.05) is 13.2 Å². The fraction of sp³-hybridized carbons (Fsp3) is 0.500. The van der Waals surface area contributed by atoms with Gasteiger partial charge in [-0.1, -0.05) is 6.07 Å². The summed E-state index contributed by atoms with van der Waals surface area (Å²) in [5, 5.41) is 16.9. The van der Waals surface area contributed by atoms with Gasteiger partial charge < -0.3 is 15.4 Å². The summed E-state index contributed by atoms with van der Waals surface area (Å²) in [4.78, 5) is 22.0. The lowest BCUT2D eigenvalue weighted by atomic mass is 10.00. The first kappa shape index (κ1) is 15.2. The second kappa shape index (κ2) is 7.03. The SMILES string of the molecule is CC1NCCCC1NC(=O)COc1cccc([N+](=O)[O-])c1. The zero-order valence-corrected chi connectivity index (χ0v) is 11.9. The second-order valence-electron chi connectivity index (χ2n) is 5.10. The standard InChI is InChI=1S/C14H19N3O4/c1-10-13(6-3-7-15-10)16-14(18)9-21-12-5-2-4-11(8-12)17(19)20/h2,4-5,8,10,13,15H,3,6-7,9H2,1H3,(H,16,18). The molecule has 1 aromatic carbocycles. The molecule has 1 amide bonds. The summed E-state index contributed by atoms with van der Waals surface area (Å²) in [5.41, 5.74) is -0.0574. The van der Waals surface area contributed by atoms with Crippen LogP contribution in [0.4, 0.5) is 5.69 Å². The molecule has 1 fully saturated rings. The number of nitro benzene ring substituents is 1. The minimum Gasteiger partial charge on any atom is -0.484 e. The number of hydrogen-bond donors (Lipinski definition) is 2. The molecule has 2 rings (SSSR count). The number of nitrogens with one attached hydrogen (secondary N) is 2. The number of carbonyl (C=O) groups excluding carboxylic acids is 1. The highest BCUT2D eigenvalue weighted by Gasteiger charge is 2.22. The minimum absolute atomic E-state index is 0.0574. The fourth-order valence-corrected chi connectivity index (χ4v) is 2.33. The van der Waals surface area contributed by atoms with Crippen LogP contribution in [-0.4, -0.2) is 36.1 Å². The van der Waals surface area contributed by atoms with Crippen molar-refractivity contribution >= 4 is 11.6 Å². The molecule has 114 valence electrons. The van der Waals surface area contributed by atoms with Gasteiger partial charge in [0.1, 0.15) is 5.75 Å². The number of piperidine rings is 1. The van der Waals surface area contributed by atoms with Gasteiger partial charge in [-0.2, -0.15) is 0 Å². The average molecular weight is 293 g/mol. The van der Waals surface area contributed by atoms with Crippen LogP contribution < -0.4 is 15.4 Å². The molecule has 1 heterocycles. The summed E-state index contributed by atoms with van der Waals surface area (Å²) >= 11 is 0. The number of rotatable bonds is 5. The maximum Gasteiger partial charge on any atom is 0.273 e. The summed E-state index contributed by atoms with van der Waals surface area (Å²) < 4.78 is 5.30. The molecule has 2 unspecified atom stereocenters. The van der Waals surface area contributed by atoms with Gasteiger partial charge in [0.05, 0.1) is 11.0 Å². The summed E-state index contributed by atoms with van der Waals surface area (Å²) in [6.45, 7) is 2.85. The Labute approximate surface area is 122 Å². The van der Waals surface area contributed by atoms with Gasteiger partial charge in [-0.05, 0) is 32.4 Å². The third-order valence-electron chi connectivity index (χ3n) is 3.51. The molecule has 7 heteroatoms. The third kappa shape index (κ3) is 4.42. The van der Waals surface area contributed by atoms with E-state index in [9.17, 15) is 14.9 Å². The van der Waals surface area contributed by atoms with E-state index in [1.807, 2.05) is 6.92 Å². The Bertz CT molecular complexity index is 521. The van der Waals surface area contributed by atoms with Crippen LogP contribution in [0.25, 0.3) is 0 Å². The van der Waals surface area contributed by atoms with E-state index in [-0.39, 0.29) is 30.3 Å². The van der Waals surface area contributed by atoms with Crippen molar-refractivity contribution in [1.29, 1.82) is 0 Å². The third-order valence-corrected chi connectivity index (χ3v) is 3.51. The first-order chi connectivity index (χ1) is 10.1. The Kier molecular flexibility index (Phi) is 5.10. The highest BCUT2D eigenvalue weighted by molar-refractivity contribution is 5.78. The Morgan fingerprint density at radius 2 is 2.38 bits per heavy atom. The Hall–Kier alpha value is -2.15. The molecule has 0 aromatic heterocycles. The first-order valence-electron chi connectivity index (χ1n) is 6.96. The van der Waals surface area contributed by atoms with E-state index in [0.29, 0.717) is 5.75 Å². The van der Waals surface area contributed by atoms with Crippen LogP contribution in [0.2, 0.25) is 0 Å². The van der Waals surface area contributed by atoms with Crippen molar-refractivity contribution in [2.24, 2.45) is 0 Å². The molecule has 2 N–H and O–H groups in total. The van der Waals surface area contributed by atoms with E-state index in [1.165, 1.54) is 18.2 Å². The molecule has 0 bridgehead atoms. The van der Waals surface area contributed by atoms with Gasteiger partial charge in [-0.25, -0.2) is 0 Å². The molecule has 2 atom stereocenters. The average Bonchev–Trinajstić information content (AvgIpc) is 2.48. The number of ether oxygens (including phenoxy) is 1. The molecular weight excluding hydrogens is 274 g/mol. The van der Waals surface area contributed by atoms with Crippen LogP contribution in [-0.2, 0) is 4.79 Å². The van der Waals surface area contributed by atoms with Crippen LogP contribution in [0.3, 0.4) is 0 Å². The number of carbonyl (C=O) groups is 1. The van der Waals surface area contributed by atoms with Crippen molar-refractivity contribution in [3.05, 3.63) is 34.4 Å². The van der Waals surface area contributed by atoms with E-state index in [4.69, 9.17) is 4.74 Å². The van der Waals surface area contributed by atoms with Gasteiger partial charge in [-0.15, -0.1) is 0 Å². The van der Waals surface area contributed by atoms with Crippen LogP contribution >= 0.6 is 0 Å². The van der Waals surface area contributed by atoms with E-state index in [2.05, 4.69) is 10.6 Å². The molecule has 1 aliphatic rings. The van der Waals surface area contributed by atoms with Crippen molar-refractivity contribution in [3.63, 3.8) is 0 Å². The quantitative estimate of drug-likeness (QED) is 0.629.